The fraction of sp³-hybridized carbons (Fsp3) is 0.923. The molecule has 1 unspecified atom stereocenters. The number of amides is 1. The molecule has 1 aliphatic carbocycles. The summed E-state index contributed by atoms with van der Waals surface area (Å²) in [5.41, 5.74) is 0. The Balaban J connectivity index is 0.00000162. The van der Waals surface area contributed by atoms with Gasteiger partial charge >= 0.3 is 0 Å². The van der Waals surface area contributed by atoms with Gasteiger partial charge in [-0.2, -0.15) is 0 Å². The maximum absolute atomic E-state index is 12.1. The number of piperazine rings is 1. The Hall–Kier alpha value is -0.0300. The molecule has 1 atom stereocenters. The van der Waals surface area contributed by atoms with Gasteiger partial charge in [0.1, 0.15) is 0 Å². The van der Waals surface area contributed by atoms with E-state index in [1.165, 1.54) is 19.4 Å². The molecule has 1 saturated heterocycles. The monoisotopic (exact) mass is 311 g/mol. The Labute approximate surface area is 129 Å². The summed E-state index contributed by atoms with van der Waals surface area (Å²) in [6.07, 6.45) is 2.83. The van der Waals surface area contributed by atoms with Gasteiger partial charge in [0.2, 0.25) is 5.91 Å². The third-order valence-corrected chi connectivity index (χ3v) is 3.83. The molecule has 0 bridgehead atoms. The van der Waals surface area contributed by atoms with Crippen LogP contribution in [-0.4, -0.2) is 62.0 Å². The normalized spacial score (nSPS) is 21.3. The SMILES string of the molecule is CNCC(C)C(=O)N1CCN(CC2CC2)CC1.Cl.Cl. The zero-order chi connectivity index (χ0) is 12.3. The largest absolute Gasteiger partial charge is 0.340 e. The maximum Gasteiger partial charge on any atom is 0.226 e. The first-order valence-corrected chi connectivity index (χ1v) is 6.86. The Morgan fingerprint density at radius 1 is 1.21 bits per heavy atom. The van der Waals surface area contributed by atoms with E-state index in [9.17, 15) is 4.79 Å². The molecule has 19 heavy (non-hydrogen) atoms. The smallest absolute Gasteiger partial charge is 0.226 e. The van der Waals surface area contributed by atoms with Crippen molar-refractivity contribution < 1.29 is 4.79 Å². The van der Waals surface area contributed by atoms with E-state index in [4.69, 9.17) is 0 Å². The van der Waals surface area contributed by atoms with Gasteiger partial charge in [0.15, 0.2) is 0 Å². The lowest BCUT2D eigenvalue weighted by Crippen LogP contribution is -2.51. The molecule has 2 fully saturated rings. The molecule has 1 saturated carbocycles. The van der Waals surface area contributed by atoms with Crippen LogP contribution in [0.3, 0.4) is 0 Å². The van der Waals surface area contributed by atoms with Crippen LogP contribution in [-0.2, 0) is 4.79 Å². The van der Waals surface area contributed by atoms with Gasteiger partial charge in [-0.05, 0) is 25.8 Å². The van der Waals surface area contributed by atoms with Crippen molar-refractivity contribution >= 4 is 30.7 Å². The zero-order valence-corrected chi connectivity index (χ0v) is 13.6. The molecule has 0 aromatic heterocycles. The molecule has 2 rings (SSSR count). The van der Waals surface area contributed by atoms with E-state index in [1.807, 2.05) is 18.9 Å². The molecular weight excluding hydrogens is 285 g/mol. The second kappa shape index (κ2) is 9.01. The molecule has 2 aliphatic rings. The van der Waals surface area contributed by atoms with Crippen LogP contribution in [0, 0.1) is 11.8 Å². The van der Waals surface area contributed by atoms with Crippen LogP contribution in [0.1, 0.15) is 19.8 Å². The molecule has 0 radical (unpaired) electrons. The molecule has 1 N–H and O–H groups in total. The highest BCUT2D eigenvalue weighted by atomic mass is 35.5. The van der Waals surface area contributed by atoms with Crippen molar-refractivity contribution in [1.29, 1.82) is 0 Å². The van der Waals surface area contributed by atoms with Crippen LogP contribution in [0.25, 0.3) is 0 Å². The fourth-order valence-electron chi connectivity index (χ4n) is 2.52. The molecule has 1 aliphatic heterocycles. The van der Waals surface area contributed by atoms with E-state index in [1.54, 1.807) is 0 Å². The molecule has 0 aromatic carbocycles. The van der Waals surface area contributed by atoms with E-state index < -0.39 is 0 Å². The Kier molecular flexibility index (Phi) is 8.99. The molecule has 0 spiro atoms. The summed E-state index contributed by atoms with van der Waals surface area (Å²) in [4.78, 5) is 16.6. The highest BCUT2D eigenvalue weighted by molar-refractivity contribution is 5.85. The summed E-state index contributed by atoms with van der Waals surface area (Å²) in [5, 5.41) is 3.07. The number of nitrogens with zero attached hydrogens (tertiary/aromatic N) is 2. The van der Waals surface area contributed by atoms with Gasteiger partial charge in [-0.15, -0.1) is 24.8 Å². The predicted molar refractivity (Wildman–Crippen MR) is 83.3 cm³/mol. The quantitative estimate of drug-likeness (QED) is 0.830. The Bertz CT molecular complexity index is 267. The highest BCUT2D eigenvalue weighted by Crippen LogP contribution is 2.29. The molecule has 4 nitrogen and oxygen atoms in total. The topological polar surface area (TPSA) is 35.6 Å². The Morgan fingerprint density at radius 2 is 1.79 bits per heavy atom. The van der Waals surface area contributed by atoms with Gasteiger partial charge < -0.3 is 10.2 Å². The molecule has 1 amide bonds. The van der Waals surface area contributed by atoms with Crippen LogP contribution in [0.5, 0.6) is 0 Å². The van der Waals surface area contributed by atoms with Crippen LogP contribution in [0.4, 0.5) is 0 Å². The summed E-state index contributed by atoms with van der Waals surface area (Å²) in [6, 6.07) is 0. The minimum absolute atomic E-state index is 0. The van der Waals surface area contributed by atoms with Crippen LogP contribution in [0.15, 0.2) is 0 Å². The van der Waals surface area contributed by atoms with Crippen molar-refractivity contribution in [3.05, 3.63) is 0 Å². The van der Waals surface area contributed by atoms with Gasteiger partial charge in [0, 0.05) is 45.2 Å². The van der Waals surface area contributed by atoms with E-state index in [0.717, 1.165) is 38.6 Å². The first-order chi connectivity index (χ1) is 8.20. The van der Waals surface area contributed by atoms with Crippen molar-refractivity contribution in [3.63, 3.8) is 0 Å². The van der Waals surface area contributed by atoms with Gasteiger partial charge in [-0.25, -0.2) is 0 Å². The van der Waals surface area contributed by atoms with Crippen molar-refractivity contribution in [2.24, 2.45) is 11.8 Å². The summed E-state index contributed by atoms with van der Waals surface area (Å²) in [5.74, 6) is 1.38. The number of rotatable bonds is 5. The minimum Gasteiger partial charge on any atom is -0.340 e. The molecule has 6 heteroatoms. The number of carbonyl (C=O) groups is 1. The number of carbonyl (C=O) groups excluding carboxylic acids is 1. The zero-order valence-electron chi connectivity index (χ0n) is 11.9. The lowest BCUT2D eigenvalue weighted by atomic mass is 10.1. The second-order valence-electron chi connectivity index (χ2n) is 5.53. The van der Waals surface area contributed by atoms with Gasteiger partial charge in [-0.1, -0.05) is 6.92 Å². The minimum atomic E-state index is 0. The van der Waals surface area contributed by atoms with Gasteiger partial charge in [-0.3, -0.25) is 9.69 Å². The number of hydrogen-bond acceptors (Lipinski definition) is 3. The van der Waals surface area contributed by atoms with Crippen molar-refractivity contribution in [1.82, 2.24) is 15.1 Å². The average Bonchev–Trinajstić information content (AvgIpc) is 3.13. The van der Waals surface area contributed by atoms with Crippen molar-refractivity contribution in [3.8, 4) is 0 Å². The molecular formula is C13H27Cl2N3O. The average molecular weight is 312 g/mol. The van der Waals surface area contributed by atoms with E-state index >= 15 is 0 Å². The van der Waals surface area contributed by atoms with Crippen molar-refractivity contribution in [2.45, 2.75) is 19.8 Å². The maximum atomic E-state index is 12.1. The van der Waals surface area contributed by atoms with Gasteiger partial charge in [0.05, 0.1) is 0 Å². The summed E-state index contributed by atoms with van der Waals surface area (Å²) < 4.78 is 0. The number of nitrogens with one attached hydrogen (secondary N) is 1. The lowest BCUT2D eigenvalue weighted by molar-refractivity contribution is -0.136. The summed E-state index contributed by atoms with van der Waals surface area (Å²) in [6.45, 7) is 8.01. The number of halogens is 2. The van der Waals surface area contributed by atoms with Crippen LogP contribution >= 0.6 is 24.8 Å². The standard InChI is InChI=1S/C13H25N3O.2ClH/c1-11(9-14-2)13(17)16-7-5-15(6-8-16)10-12-3-4-12;;/h11-12,14H,3-10H2,1-2H3;2*1H. The van der Waals surface area contributed by atoms with E-state index in [-0.39, 0.29) is 30.7 Å². The van der Waals surface area contributed by atoms with Crippen LogP contribution in [0.2, 0.25) is 0 Å². The first-order valence-electron chi connectivity index (χ1n) is 6.86. The van der Waals surface area contributed by atoms with Gasteiger partial charge in [0.25, 0.3) is 0 Å². The molecule has 0 aromatic rings. The summed E-state index contributed by atoms with van der Waals surface area (Å²) in [7, 11) is 1.90. The molecule has 1 heterocycles. The number of hydrogen-bond donors (Lipinski definition) is 1. The highest BCUT2D eigenvalue weighted by Gasteiger charge is 2.28. The Morgan fingerprint density at radius 3 is 2.26 bits per heavy atom. The van der Waals surface area contributed by atoms with E-state index in [2.05, 4.69) is 10.2 Å². The van der Waals surface area contributed by atoms with Crippen molar-refractivity contribution in [2.75, 3.05) is 46.3 Å². The third kappa shape index (κ3) is 5.86. The fourth-order valence-corrected chi connectivity index (χ4v) is 2.52. The lowest BCUT2D eigenvalue weighted by Gasteiger charge is -2.36. The van der Waals surface area contributed by atoms with Crippen LogP contribution < -0.4 is 5.32 Å². The molecule has 114 valence electrons. The first kappa shape index (κ1) is 19.0. The summed E-state index contributed by atoms with van der Waals surface area (Å²) >= 11 is 0. The predicted octanol–water partition coefficient (Wildman–Crippen LogP) is 1.24. The third-order valence-electron chi connectivity index (χ3n) is 3.83. The second-order valence-corrected chi connectivity index (χ2v) is 5.53. The van der Waals surface area contributed by atoms with E-state index in [0.29, 0.717) is 5.91 Å².